The second-order valence-electron chi connectivity index (χ2n) is 5.98. The molecule has 3 aromatic rings. The summed E-state index contributed by atoms with van der Waals surface area (Å²) < 4.78 is 13.5. The molecule has 0 bridgehead atoms. The number of alkyl halides is 2. The van der Waals surface area contributed by atoms with Crippen molar-refractivity contribution in [1.29, 1.82) is 0 Å². The zero-order chi connectivity index (χ0) is 19.1. The van der Waals surface area contributed by atoms with E-state index in [0.29, 0.717) is 33.3 Å². The Balaban J connectivity index is 1.91. The van der Waals surface area contributed by atoms with Gasteiger partial charge in [-0.05, 0) is 30.4 Å². The number of rotatable bonds is 3. The maximum absolute atomic E-state index is 13.5. The van der Waals surface area contributed by atoms with Crippen LogP contribution in [0.5, 0.6) is 0 Å². The van der Waals surface area contributed by atoms with Gasteiger partial charge < -0.3 is 16.2 Å². The zero-order valence-electron chi connectivity index (χ0n) is 13.7. The highest BCUT2D eigenvalue weighted by Gasteiger charge is 2.19. The van der Waals surface area contributed by atoms with Crippen LogP contribution in [0.3, 0.4) is 0 Å². The first-order chi connectivity index (χ1) is 12.9. The highest BCUT2D eigenvalue weighted by Crippen LogP contribution is 2.30. The summed E-state index contributed by atoms with van der Waals surface area (Å²) in [4.78, 5) is 24.0. The molecule has 2 atom stereocenters. The van der Waals surface area contributed by atoms with Gasteiger partial charge in [0, 0.05) is 22.7 Å². The Kier molecular flexibility index (Phi) is 4.12. The van der Waals surface area contributed by atoms with Crippen LogP contribution in [0.4, 0.5) is 16.2 Å². The van der Waals surface area contributed by atoms with Gasteiger partial charge in [0.2, 0.25) is 5.95 Å². The minimum Gasteiger partial charge on any atom is -0.478 e. The first-order valence-corrected chi connectivity index (χ1v) is 8.40. The summed E-state index contributed by atoms with van der Waals surface area (Å²) in [6, 6.07) is 4.60. The second kappa shape index (κ2) is 6.48. The van der Waals surface area contributed by atoms with Gasteiger partial charge in [0.25, 0.3) is 0 Å². The average molecular weight is 386 g/mol. The normalized spacial score (nSPS) is 19.3. The molecule has 1 aromatic carbocycles. The number of nitrogens with one attached hydrogen (secondary N) is 1. The molecule has 4 rings (SSSR count). The van der Waals surface area contributed by atoms with Crippen LogP contribution in [-0.2, 0) is 0 Å². The highest BCUT2D eigenvalue weighted by atomic mass is 35.5. The van der Waals surface area contributed by atoms with Gasteiger partial charge in [-0.2, -0.15) is 0 Å². The van der Waals surface area contributed by atoms with Crippen LogP contribution in [0.15, 0.2) is 48.3 Å². The van der Waals surface area contributed by atoms with E-state index in [0.717, 1.165) is 0 Å². The summed E-state index contributed by atoms with van der Waals surface area (Å²) >= 11 is 5.95. The van der Waals surface area contributed by atoms with Crippen LogP contribution in [-0.4, -0.2) is 37.6 Å². The number of anilines is 2. The lowest BCUT2D eigenvalue weighted by atomic mass is 10.1. The molecule has 0 spiro atoms. The van der Waals surface area contributed by atoms with Crippen molar-refractivity contribution in [2.75, 3.05) is 11.1 Å². The third kappa shape index (κ3) is 3.15. The van der Waals surface area contributed by atoms with E-state index in [4.69, 9.17) is 17.3 Å². The molecule has 9 heteroatoms. The molecule has 7 nitrogen and oxygen atoms in total. The van der Waals surface area contributed by atoms with Gasteiger partial charge in [0.05, 0.1) is 16.5 Å². The number of nitrogens with zero attached hydrogens (tertiary/aromatic N) is 3. The van der Waals surface area contributed by atoms with Gasteiger partial charge in [-0.15, -0.1) is 11.6 Å². The molecule has 1 aliphatic rings. The van der Waals surface area contributed by atoms with E-state index in [2.05, 4.69) is 20.3 Å². The summed E-state index contributed by atoms with van der Waals surface area (Å²) in [5.74, 6) is -0.647. The lowest BCUT2D eigenvalue weighted by Crippen LogP contribution is -2.17. The van der Waals surface area contributed by atoms with Crippen molar-refractivity contribution in [2.24, 2.45) is 0 Å². The Labute approximate surface area is 157 Å². The fraction of sp³-hybridized carbons (Fsp3) is 0.111. The van der Waals surface area contributed by atoms with Crippen LogP contribution in [0.1, 0.15) is 10.4 Å². The third-order valence-corrected chi connectivity index (χ3v) is 4.53. The van der Waals surface area contributed by atoms with Crippen molar-refractivity contribution in [3.63, 3.8) is 0 Å². The maximum atomic E-state index is 13.5. The molecular weight excluding hydrogens is 373 g/mol. The molecule has 2 heterocycles. The van der Waals surface area contributed by atoms with E-state index in [1.54, 1.807) is 18.3 Å². The van der Waals surface area contributed by atoms with E-state index in [-0.39, 0.29) is 11.5 Å². The van der Waals surface area contributed by atoms with E-state index in [1.165, 1.54) is 24.3 Å². The van der Waals surface area contributed by atoms with Crippen molar-refractivity contribution in [3.8, 4) is 0 Å². The molecule has 2 unspecified atom stereocenters. The van der Waals surface area contributed by atoms with E-state index in [1.807, 2.05) is 0 Å². The number of aromatic carboxylic acids is 1. The number of aromatic nitrogens is 3. The van der Waals surface area contributed by atoms with Gasteiger partial charge in [-0.25, -0.2) is 24.1 Å². The monoisotopic (exact) mass is 385 g/mol. The third-order valence-electron chi connectivity index (χ3n) is 4.16. The number of halogens is 2. The Morgan fingerprint density at radius 1 is 1.30 bits per heavy atom. The van der Waals surface area contributed by atoms with Crippen LogP contribution in [0.2, 0.25) is 0 Å². The molecule has 2 aromatic heterocycles. The molecule has 0 saturated heterocycles. The fourth-order valence-corrected chi connectivity index (χ4v) is 3.08. The molecule has 0 aliphatic heterocycles. The average Bonchev–Trinajstić information content (AvgIpc) is 2.64. The Hall–Kier alpha value is -3.26. The van der Waals surface area contributed by atoms with Gasteiger partial charge >= 0.3 is 5.97 Å². The lowest BCUT2D eigenvalue weighted by Gasteiger charge is -2.17. The van der Waals surface area contributed by atoms with Gasteiger partial charge in [-0.3, -0.25) is 0 Å². The smallest absolute Gasteiger partial charge is 0.335 e. The number of pyridine rings is 1. The fourth-order valence-electron chi connectivity index (χ4n) is 2.86. The standard InChI is InChI=1S/C18H13ClFN5O2/c19-12-6-9(2-4-13(12)20)23-16-15-11(7-22-18(21)25-15)10-3-1-8(17(26)27)5-14(10)24-16/h1-7,12-13H,(H,23,24)(H,26,27)(H2,21,22,25). The molecule has 0 radical (unpaired) electrons. The summed E-state index contributed by atoms with van der Waals surface area (Å²) in [6.07, 6.45) is 4.71. The predicted molar refractivity (Wildman–Crippen MR) is 102 cm³/mol. The van der Waals surface area contributed by atoms with Crippen molar-refractivity contribution in [1.82, 2.24) is 15.0 Å². The van der Waals surface area contributed by atoms with Crippen molar-refractivity contribution < 1.29 is 14.3 Å². The predicted octanol–water partition coefficient (Wildman–Crippen LogP) is 3.27. The molecule has 136 valence electrons. The number of hydrogen-bond donors (Lipinski definition) is 3. The van der Waals surface area contributed by atoms with E-state index in [9.17, 15) is 14.3 Å². The number of allylic oxidation sites excluding steroid dienone is 3. The Bertz CT molecular complexity index is 1150. The molecule has 27 heavy (non-hydrogen) atoms. The minimum atomic E-state index is -1.27. The maximum Gasteiger partial charge on any atom is 0.335 e. The number of nitrogens with two attached hydrogens (primary N) is 1. The van der Waals surface area contributed by atoms with Gasteiger partial charge in [-0.1, -0.05) is 6.07 Å². The number of fused-ring (bicyclic) bond motifs is 3. The van der Waals surface area contributed by atoms with Crippen LogP contribution < -0.4 is 11.1 Å². The van der Waals surface area contributed by atoms with Crippen LogP contribution in [0, 0.1) is 0 Å². The molecule has 0 saturated carbocycles. The summed E-state index contributed by atoms with van der Waals surface area (Å²) in [5.41, 5.74) is 7.28. The lowest BCUT2D eigenvalue weighted by molar-refractivity contribution is 0.0697. The molecule has 4 N–H and O–H groups in total. The number of carboxylic acid groups (broad SMARTS) is 1. The summed E-state index contributed by atoms with van der Waals surface area (Å²) in [5, 5.41) is 12.8. The number of carboxylic acids is 1. The van der Waals surface area contributed by atoms with E-state index >= 15 is 0 Å². The Morgan fingerprint density at radius 3 is 2.85 bits per heavy atom. The Morgan fingerprint density at radius 2 is 2.11 bits per heavy atom. The van der Waals surface area contributed by atoms with Crippen molar-refractivity contribution >= 4 is 51.1 Å². The largest absolute Gasteiger partial charge is 0.478 e. The molecular formula is C18H13ClFN5O2. The second-order valence-corrected chi connectivity index (χ2v) is 6.49. The van der Waals surface area contributed by atoms with Crippen LogP contribution >= 0.6 is 11.6 Å². The number of benzene rings is 1. The van der Waals surface area contributed by atoms with Crippen molar-refractivity contribution in [3.05, 3.63) is 53.9 Å². The topological polar surface area (TPSA) is 114 Å². The highest BCUT2D eigenvalue weighted by molar-refractivity contribution is 6.22. The van der Waals surface area contributed by atoms with E-state index < -0.39 is 17.5 Å². The van der Waals surface area contributed by atoms with Crippen LogP contribution in [0.25, 0.3) is 21.8 Å². The molecule has 1 aliphatic carbocycles. The summed E-state index contributed by atoms with van der Waals surface area (Å²) in [6.45, 7) is 0. The number of nitrogen functional groups attached to an aromatic ring is 1. The van der Waals surface area contributed by atoms with Gasteiger partial charge in [0.15, 0.2) is 5.82 Å². The number of carbonyl (C=O) groups is 1. The quantitative estimate of drug-likeness (QED) is 0.468. The van der Waals surface area contributed by atoms with Crippen molar-refractivity contribution in [2.45, 2.75) is 11.5 Å². The van der Waals surface area contributed by atoms with Gasteiger partial charge in [0.1, 0.15) is 11.7 Å². The molecule has 0 fully saturated rings. The zero-order valence-corrected chi connectivity index (χ0v) is 14.5. The SMILES string of the molecule is Nc1ncc2c(n1)c(NC1=CC(Cl)C(F)C=C1)nc1cc(C(=O)O)ccc12. The minimum absolute atomic E-state index is 0.0704. The number of hydrogen-bond acceptors (Lipinski definition) is 6. The molecule has 0 amide bonds. The first kappa shape index (κ1) is 17.2. The summed E-state index contributed by atoms with van der Waals surface area (Å²) in [7, 11) is 0. The first-order valence-electron chi connectivity index (χ1n) is 7.97.